The number of carboxylic acids is 1. The molecule has 6 rings (SSSR count). The van der Waals surface area contributed by atoms with Gasteiger partial charge in [0.15, 0.2) is 5.82 Å². The van der Waals surface area contributed by atoms with E-state index in [1.54, 1.807) is 12.1 Å². The summed E-state index contributed by atoms with van der Waals surface area (Å²) in [6, 6.07) is 14.4. The Hall–Kier alpha value is -4.33. The molecular formula is C42H52N4O4. The van der Waals surface area contributed by atoms with Gasteiger partial charge in [-0.1, -0.05) is 89.4 Å². The molecule has 2 N–H and O–H groups in total. The second kappa shape index (κ2) is 15.3. The Morgan fingerprint density at radius 2 is 1.54 bits per heavy atom. The van der Waals surface area contributed by atoms with E-state index in [4.69, 9.17) is 9.97 Å². The van der Waals surface area contributed by atoms with Crippen LogP contribution in [-0.2, 0) is 21.4 Å². The Labute approximate surface area is 296 Å². The van der Waals surface area contributed by atoms with Gasteiger partial charge in [-0.3, -0.25) is 14.4 Å². The summed E-state index contributed by atoms with van der Waals surface area (Å²) in [6.45, 7) is 8.96. The molecule has 2 heterocycles. The highest BCUT2D eigenvalue weighted by atomic mass is 16.4. The van der Waals surface area contributed by atoms with E-state index in [1.807, 2.05) is 48.8 Å². The van der Waals surface area contributed by atoms with Gasteiger partial charge >= 0.3 is 5.97 Å². The van der Waals surface area contributed by atoms with Crippen molar-refractivity contribution >= 4 is 23.4 Å². The van der Waals surface area contributed by atoms with Gasteiger partial charge in [-0.25, -0.2) is 9.97 Å². The van der Waals surface area contributed by atoms with Crippen LogP contribution in [0.4, 0.5) is 0 Å². The van der Waals surface area contributed by atoms with Crippen LogP contribution in [0.3, 0.4) is 0 Å². The molecular weight excluding hydrogens is 624 g/mol. The third kappa shape index (κ3) is 8.34. The SMILES string of the molecule is CCC1CCC(C2CC=C(c3cnc(-c4ccc(C[C@H](NC(=O)c5ccc(C(C)(C)C)cc5)C(=O)N5CC(C(=O)O)C5)cc4)nc3)CC2)CC1. The van der Waals surface area contributed by atoms with E-state index in [0.29, 0.717) is 11.4 Å². The smallest absolute Gasteiger partial charge is 0.310 e. The summed E-state index contributed by atoms with van der Waals surface area (Å²) in [5.41, 5.74) is 5.72. The van der Waals surface area contributed by atoms with E-state index in [9.17, 15) is 19.5 Å². The molecule has 1 aromatic heterocycles. The van der Waals surface area contributed by atoms with Gasteiger partial charge in [0.25, 0.3) is 5.91 Å². The van der Waals surface area contributed by atoms with Crippen LogP contribution in [0.2, 0.25) is 0 Å². The highest BCUT2D eigenvalue weighted by Gasteiger charge is 2.39. The molecule has 2 atom stereocenters. The molecule has 2 fully saturated rings. The molecule has 1 saturated carbocycles. The Kier molecular flexibility index (Phi) is 10.8. The molecule has 1 unspecified atom stereocenters. The highest BCUT2D eigenvalue weighted by molar-refractivity contribution is 5.98. The highest BCUT2D eigenvalue weighted by Crippen LogP contribution is 2.41. The quantitative estimate of drug-likeness (QED) is 0.227. The largest absolute Gasteiger partial charge is 0.481 e. The van der Waals surface area contributed by atoms with Crippen molar-refractivity contribution < 1.29 is 19.5 Å². The number of allylic oxidation sites excluding steroid dienone is 2. The lowest BCUT2D eigenvalue weighted by molar-refractivity contribution is -0.153. The third-order valence-corrected chi connectivity index (χ3v) is 11.4. The Bertz CT molecular complexity index is 1680. The number of carbonyl (C=O) groups excluding carboxylic acids is 2. The van der Waals surface area contributed by atoms with E-state index in [0.717, 1.165) is 52.8 Å². The predicted octanol–water partition coefficient (Wildman–Crippen LogP) is 7.73. The van der Waals surface area contributed by atoms with Crippen LogP contribution in [0, 0.1) is 23.7 Å². The van der Waals surface area contributed by atoms with E-state index < -0.39 is 17.9 Å². The van der Waals surface area contributed by atoms with Gasteiger partial charge in [-0.2, -0.15) is 0 Å². The zero-order chi connectivity index (χ0) is 35.4. The van der Waals surface area contributed by atoms with E-state index >= 15 is 0 Å². The van der Waals surface area contributed by atoms with Crippen LogP contribution >= 0.6 is 0 Å². The van der Waals surface area contributed by atoms with Gasteiger partial charge in [-0.15, -0.1) is 0 Å². The van der Waals surface area contributed by atoms with Crippen molar-refractivity contribution in [3.63, 3.8) is 0 Å². The molecule has 2 aliphatic carbocycles. The number of nitrogens with one attached hydrogen (secondary N) is 1. The fourth-order valence-electron chi connectivity index (χ4n) is 7.88. The monoisotopic (exact) mass is 676 g/mol. The number of carbonyl (C=O) groups is 3. The average molecular weight is 677 g/mol. The Balaban J connectivity index is 1.09. The minimum absolute atomic E-state index is 0.0469. The zero-order valence-electron chi connectivity index (χ0n) is 30.0. The molecule has 1 aliphatic heterocycles. The molecule has 2 amide bonds. The van der Waals surface area contributed by atoms with Crippen molar-refractivity contribution in [3.8, 4) is 11.4 Å². The minimum Gasteiger partial charge on any atom is -0.481 e. The summed E-state index contributed by atoms with van der Waals surface area (Å²) in [7, 11) is 0. The van der Waals surface area contributed by atoms with Crippen LogP contribution in [0.15, 0.2) is 67.0 Å². The summed E-state index contributed by atoms with van der Waals surface area (Å²) in [5, 5.41) is 12.3. The normalized spacial score (nSPS) is 21.9. The molecule has 50 heavy (non-hydrogen) atoms. The maximum absolute atomic E-state index is 13.5. The lowest BCUT2D eigenvalue weighted by Gasteiger charge is -2.39. The first-order valence-electron chi connectivity index (χ1n) is 18.5. The van der Waals surface area contributed by atoms with Gasteiger partial charge in [-0.05, 0) is 84.1 Å². The lowest BCUT2D eigenvalue weighted by Crippen LogP contribution is -2.59. The third-order valence-electron chi connectivity index (χ3n) is 11.4. The number of carboxylic acid groups (broad SMARTS) is 1. The molecule has 8 heteroatoms. The predicted molar refractivity (Wildman–Crippen MR) is 196 cm³/mol. The topological polar surface area (TPSA) is 112 Å². The fourth-order valence-corrected chi connectivity index (χ4v) is 7.88. The average Bonchev–Trinajstić information content (AvgIpc) is 3.10. The van der Waals surface area contributed by atoms with Gasteiger partial charge in [0.05, 0.1) is 5.92 Å². The van der Waals surface area contributed by atoms with Crippen LogP contribution in [0.5, 0.6) is 0 Å². The molecule has 3 aromatic rings. The second-order valence-corrected chi connectivity index (χ2v) is 15.8. The van der Waals surface area contributed by atoms with Gasteiger partial charge in [0, 0.05) is 48.6 Å². The molecule has 3 aliphatic rings. The number of hydrogen-bond donors (Lipinski definition) is 2. The minimum atomic E-state index is -0.914. The van der Waals surface area contributed by atoms with Crippen LogP contribution in [-0.4, -0.2) is 56.9 Å². The molecule has 0 bridgehead atoms. The fraction of sp³-hybridized carbons (Fsp3) is 0.500. The van der Waals surface area contributed by atoms with Crippen LogP contribution < -0.4 is 5.32 Å². The van der Waals surface area contributed by atoms with E-state index in [2.05, 4.69) is 39.1 Å². The number of benzene rings is 2. The summed E-state index contributed by atoms with van der Waals surface area (Å²) in [6.07, 6.45) is 17.0. The van der Waals surface area contributed by atoms with Crippen molar-refractivity contribution in [1.82, 2.24) is 20.2 Å². The number of amides is 2. The lowest BCUT2D eigenvalue weighted by atomic mass is 9.71. The van der Waals surface area contributed by atoms with Gasteiger partial charge in [0.2, 0.25) is 5.91 Å². The number of rotatable bonds is 10. The Morgan fingerprint density at radius 3 is 2.10 bits per heavy atom. The van der Waals surface area contributed by atoms with Crippen molar-refractivity contribution in [1.29, 1.82) is 0 Å². The van der Waals surface area contributed by atoms with Crippen LogP contribution in [0.25, 0.3) is 17.0 Å². The standard InChI is InChI=1S/C42H52N4O4/c1-5-27-6-10-29(11-7-27)30-14-16-31(17-15-30)34-23-43-38(44-24-34)32-12-8-28(9-13-32)22-37(40(48)46-25-35(26-46)41(49)50)45-39(47)33-18-20-36(21-19-33)42(2,3)4/h8-9,12-13,16,18-21,23-24,27,29-30,35,37H,5-7,10-11,14-15,17,22,25-26H2,1-4H3,(H,45,47)(H,49,50)/t27?,29?,30?,37-/m0/s1. The summed E-state index contributed by atoms with van der Waals surface area (Å²) < 4.78 is 0. The number of nitrogens with zero attached hydrogens (tertiary/aromatic N) is 3. The molecule has 8 nitrogen and oxygen atoms in total. The first-order chi connectivity index (χ1) is 24.0. The van der Waals surface area contributed by atoms with E-state index in [-0.39, 0.29) is 36.7 Å². The van der Waals surface area contributed by atoms with E-state index in [1.165, 1.54) is 49.0 Å². The Morgan fingerprint density at radius 1 is 0.880 bits per heavy atom. The first-order valence-corrected chi connectivity index (χ1v) is 18.5. The van der Waals surface area contributed by atoms with Crippen molar-refractivity contribution in [2.45, 2.75) is 96.9 Å². The van der Waals surface area contributed by atoms with Crippen LogP contribution in [0.1, 0.15) is 106 Å². The molecule has 2 aromatic carbocycles. The summed E-state index contributed by atoms with van der Waals surface area (Å²) in [5.74, 6) is 1.16. The first kappa shape index (κ1) is 35.5. The molecule has 0 spiro atoms. The number of likely N-dealkylation sites (tertiary alicyclic amines) is 1. The zero-order valence-corrected chi connectivity index (χ0v) is 30.0. The van der Waals surface area contributed by atoms with Crippen molar-refractivity contribution in [2.75, 3.05) is 13.1 Å². The van der Waals surface area contributed by atoms with Crippen molar-refractivity contribution in [3.05, 3.63) is 89.3 Å². The molecule has 1 saturated heterocycles. The molecule has 264 valence electrons. The maximum Gasteiger partial charge on any atom is 0.310 e. The summed E-state index contributed by atoms with van der Waals surface area (Å²) in [4.78, 5) is 49.1. The number of aliphatic carboxylic acids is 1. The second-order valence-electron chi connectivity index (χ2n) is 15.8. The number of hydrogen-bond acceptors (Lipinski definition) is 5. The number of aromatic nitrogens is 2. The maximum atomic E-state index is 13.5. The van der Waals surface area contributed by atoms with Crippen molar-refractivity contribution in [2.24, 2.45) is 23.7 Å². The van der Waals surface area contributed by atoms with Gasteiger partial charge < -0.3 is 15.3 Å². The molecule has 0 radical (unpaired) electrons. The van der Waals surface area contributed by atoms with Gasteiger partial charge in [0.1, 0.15) is 6.04 Å². The summed E-state index contributed by atoms with van der Waals surface area (Å²) >= 11 is 0.